The van der Waals surface area contributed by atoms with E-state index in [4.69, 9.17) is 0 Å². The zero-order valence-corrected chi connectivity index (χ0v) is 13.5. The number of carboxylic acid groups (broad SMARTS) is 1. The number of carbonyl (C=O) groups is 1. The van der Waals surface area contributed by atoms with Crippen LogP contribution in [0.4, 0.5) is 0 Å². The van der Waals surface area contributed by atoms with Crippen molar-refractivity contribution in [3.8, 4) is 16.8 Å². The quantitative estimate of drug-likeness (QED) is 0.757. The molecule has 1 aromatic heterocycles. The van der Waals surface area contributed by atoms with E-state index in [1.54, 1.807) is 6.07 Å². The first-order chi connectivity index (χ1) is 11.0. The van der Waals surface area contributed by atoms with E-state index in [0.717, 1.165) is 22.5 Å². The van der Waals surface area contributed by atoms with Gasteiger partial charge in [0.2, 0.25) is 0 Å². The summed E-state index contributed by atoms with van der Waals surface area (Å²) in [5, 5.41) is 9.53. The van der Waals surface area contributed by atoms with Gasteiger partial charge in [-0.25, -0.2) is 4.79 Å². The maximum Gasteiger partial charge on any atom is 0.337 e. The van der Waals surface area contributed by atoms with Gasteiger partial charge in [0, 0.05) is 11.4 Å². The third-order valence-electron chi connectivity index (χ3n) is 4.13. The fourth-order valence-electron chi connectivity index (χ4n) is 2.87. The second kappa shape index (κ2) is 5.76. The zero-order valence-electron chi connectivity index (χ0n) is 13.5. The van der Waals surface area contributed by atoms with Crippen molar-refractivity contribution in [2.45, 2.75) is 20.8 Å². The molecule has 3 nitrogen and oxygen atoms in total. The Balaban J connectivity index is 2.22. The Bertz CT molecular complexity index is 854. The average Bonchev–Trinajstić information content (AvgIpc) is 2.86. The summed E-state index contributed by atoms with van der Waals surface area (Å²) in [6.07, 6.45) is 0. The highest BCUT2D eigenvalue weighted by molar-refractivity contribution is 5.93. The summed E-state index contributed by atoms with van der Waals surface area (Å²) in [6.45, 7) is 6.02. The second-order valence-electron chi connectivity index (χ2n) is 5.85. The first kappa shape index (κ1) is 15.1. The maximum atomic E-state index is 11.6. The van der Waals surface area contributed by atoms with Crippen LogP contribution in [0.5, 0.6) is 0 Å². The molecular formula is C20H19NO2. The zero-order chi connectivity index (χ0) is 16.6. The van der Waals surface area contributed by atoms with Gasteiger partial charge in [0.15, 0.2) is 0 Å². The summed E-state index contributed by atoms with van der Waals surface area (Å²) in [5.74, 6) is -0.914. The molecule has 0 aliphatic rings. The van der Waals surface area contributed by atoms with Gasteiger partial charge in [0.25, 0.3) is 0 Å². The van der Waals surface area contributed by atoms with E-state index in [-0.39, 0.29) is 0 Å². The molecule has 0 fully saturated rings. The number of benzene rings is 2. The number of rotatable bonds is 3. The van der Waals surface area contributed by atoms with Crippen LogP contribution in [0.1, 0.15) is 27.3 Å². The number of aryl methyl sites for hydroxylation is 3. The molecule has 0 bridgehead atoms. The SMILES string of the molecule is Cc1ccc(-c2ccc(C(=O)O)c(-n3c(C)ccc3C)c2)cc1. The van der Waals surface area contributed by atoms with E-state index in [2.05, 4.69) is 31.2 Å². The lowest BCUT2D eigenvalue weighted by Crippen LogP contribution is -2.08. The van der Waals surface area contributed by atoms with Crippen LogP contribution in [-0.4, -0.2) is 15.6 Å². The summed E-state index contributed by atoms with van der Waals surface area (Å²) < 4.78 is 1.99. The van der Waals surface area contributed by atoms with Gasteiger partial charge in [-0.2, -0.15) is 0 Å². The largest absolute Gasteiger partial charge is 0.478 e. The van der Waals surface area contributed by atoms with Crippen molar-refractivity contribution in [2.24, 2.45) is 0 Å². The molecule has 0 unspecified atom stereocenters. The number of aromatic nitrogens is 1. The molecule has 1 N–H and O–H groups in total. The Morgan fingerprint density at radius 3 is 1.96 bits per heavy atom. The van der Waals surface area contributed by atoms with Gasteiger partial charge >= 0.3 is 5.97 Å². The fraction of sp³-hybridized carbons (Fsp3) is 0.150. The van der Waals surface area contributed by atoms with Gasteiger partial charge in [-0.1, -0.05) is 35.9 Å². The minimum atomic E-state index is -0.914. The van der Waals surface area contributed by atoms with Crippen molar-refractivity contribution in [3.63, 3.8) is 0 Å². The average molecular weight is 305 g/mol. The van der Waals surface area contributed by atoms with E-state index in [1.165, 1.54) is 5.56 Å². The molecule has 3 heteroatoms. The van der Waals surface area contributed by atoms with Gasteiger partial charge in [-0.15, -0.1) is 0 Å². The molecule has 0 spiro atoms. The molecule has 2 aromatic carbocycles. The molecule has 0 amide bonds. The molecule has 0 aliphatic carbocycles. The van der Waals surface area contributed by atoms with Gasteiger partial charge in [-0.05, 0) is 56.2 Å². The van der Waals surface area contributed by atoms with Crippen molar-refractivity contribution in [3.05, 3.63) is 77.1 Å². The summed E-state index contributed by atoms with van der Waals surface area (Å²) in [5.41, 5.74) is 6.35. The Labute approximate surface area is 135 Å². The standard InChI is InChI=1S/C20H19NO2/c1-13-4-8-16(9-5-13)17-10-11-18(20(22)23)19(12-17)21-14(2)6-7-15(21)3/h4-12H,1-3H3,(H,22,23). The van der Waals surface area contributed by atoms with E-state index in [9.17, 15) is 9.90 Å². The van der Waals surface area contributed by atoms with Crippen LogP contribution < -0.4 is 0 Å². The highest BCUT2D eigenvalue weighted by Gasteiger charge is 2.15. The first-order valence-electron chi connectivity index (χ1n) is 7.57. The normalized spacial score (nSPS) is 10.7. The number of hydrogen-bond donors (Lipinski definition) is 1. The summed E-state index contributed by atoms with van der Waals surface area (Å²) in [7, 11) is 0. The molecule has 1 heterocycles. The topological polar surface area (TPSA) is 42.2 Å². The summed E-state index contributed by atoms with van der Waals surface area (Å²) in [6, 6.07) is 17.7. The predicted octanol–water partition coefficient (Wildman–Crippen LogP) is 4.77. The number of hydrogen-bond acceptors (Lipinski definition) is 1. The van der Waals surface area contributed by atoms with Crippen molar-refractivity contribution in [1.29, 1.82) is 0 Å². The Hall–Kier alpha value is -2.81. The maximum absolute atomic E-state index is 11.6. The van der Waals surface area contributed by atoms with E-state index in [1.807, 2.05) is 42.7 Å². The Kier molecular flexibility index (Phi) is 3.78. The van der Waals surface area contributed by atoms with E-state index >= 15 is 0 Å². The van der Waals surface area contributed by atoms with Crippen molar-refractivity contribution in [1.82, 2.24) is 4.57 Å². The smallest absolute Gasteiger partial charge is 0.337 e. The van der Waals surface area contributed by atoms with Gasteiger partial charge in [-0.3, -0.25) is 0 Å². The van der Waals surface area contributed by atoms with E-state index < -0.39 is 5.97 Å². The van der Waals surface area contributed by atoms with Crippen molar-refractivity contribution in [2.75, 3.05) is 0 Å². The molecule has 0 radical (unpaired) electrons. The summed E-state index contributed by atoms with van der Waals surface area (Å²) in [4.78, 5) is 11.6. The monoisotopic (exact) mass is 305 g/mol. The molecule has 3 aromatic rings. The molecule has 0 saturated carbocycles. The minimum absolute atomic E-state index is 0.309. The molecular weight excluding hydrogens is 286 g/mol. The van der Waals surface area contributed by atoms with Crippen LogP contribution in [0.25, 0.3) is 16.8 Å². The molecule has 0 atom stereocenters. The van der Waals surface area contributed by atoms with Gasteiger partial charge in [0.05, 0.1) is 11.3 Å². The Morgan fingerprint density at radius 2 is 1.39 bits per heavy atom. The highest BCUT2D eigenvalue weighted by atomic mass is 16.4. The van der Waals surface area contributed by atoms with E-state index in [0.29, 0.717) is 11.3 Å². The second-order valence-corrected chi connectivity index (χ2v) is 5.85. The molecule has 23 heavy (non-hydrogen) atoms. The summed E-state index contributed by atoms with van der Waals surface area (Å²) >= 11 is 0. The molecule has 3 rings (SSSR count). The van der Waals surface area contributed by atoms with Crippen LogP contribution in [-0.2, 0) is 0 Å². The predicted molar refractivity (Wildman–Crippen MR) is 92.4 cm³/mol. The molecule has 0 aliphatic heterocycles. The van der Waals surface area contributed by atoms with Gasteiger partial charge < -0.3 is 9.67 Å². The lowest BCUT2D eigenvalue weighted by atomic mass is 10.0. The Morgan fingerprint density at radius 1 is 0.826 bits per heavy atom. The van der Waals surface area contributed by atoms with Crippen LogP contribution in [0.15, 0.2) is 54.6 Å². The van der Waals surface area contributed by atoms with Crippen molar-refractivity contribution >= 4 is 5.97 Å². The first-order valence-corrected chi connectivity index (χ1v) is 7.57. The van der Waals surface area contributed by atoms with Crippen LogP contribution in [0.2, 0.25) is 0 Å². The van der Waals surface area contributed by atoms with Crippen LogP contribution >= 0.6 is 0 Å². The number of carboxylic acids is 1. The number of aromatic carboxylic acids is 1. The lowest BCUT2D eigenvalue weighted by molar-refractivity contribution is 0.0697. The van der Waals surface area contributed by atoms with Crippen LogP contribution in [0.3, 0.4) is 0 Å². The molecule has 116 valence electrons. The van der Waals surface area contributed by atoms with Crippen LogP contribution in [0, 0.1) is 20.8 Å². The lowest BCUT2D eigenvalue weighted by Gasteiger charge is -2.14. The minimum Gasteiger partial charge on any atom is -0.478 e. The molecule has 0 saturated heterocycles. The fourth-order valence-corrected chi connectivity index (χ4v) is 2.87. The number of nitrogens with zero attached hydrogens (tertiary/aromatic N) is 1. The van der Waals surface area contributed by atoms with Gasteiger partial charge in [0.1, 0.15) is 0 Å². The third-order valence-corrected chi connectivity index (χ3v) is 4.13. The third kappa shape index (κ3) is 2.78. The van der Waals surface area contributed by atoms with Crippen molar-refractivity contribution < 1.29 is 9.90 Å². The highest BCUT2D eigenvalue weighted by Crippen LogP contribution is 2.27.